The zero-order valence-corrected chi connectivity index (χ0v) is 14.7. The Kier molecular flexibility index (Phi) is 6.33. The summed E-state index contributed by atoms with van der Waals surface area (Å²) in [5.41, 5.74) is 2.22. The maximum absolute atomic E-state index is 12.5. The number of amides is 2. The number of nitrogens with one attached hydrogen (secondary N) is 2. The van der Waals surface area contributed by atoms with Gasteiger partial charge in [0.2, 0.25) is 5.91 Å². The number of H-pyrrole nitrogens is 1. The van der Waals surface area contributed by atoms with Crippen LogP contribution in [0.15, 0.2) is 0 Å². The van der Waals surface area contributed by atoms with E-state index in [0.29, 0.717) is 25.3 Å². The number of aromatic amines is 1. The molecule has 8 heteroatoms. The van der Waals surface area contributed by atoms with Crippen LogP contribution in [-0.4, -0.2) is 73.0 Å². The predicted molar refractivity (Wildman–Crippen MR) is 87.8 cm³/mol. The second-order valence-corrected chi connectivity index (χ2v) is 6.11. The van der Waals surface area contributed by atoms with Crippen LogP contribution in [0.25, 0.3) is 0 Å². The fraction of sp³-hybridized carbons (Fsp3) is 0.688. The van der Waals surface area contributed by atoms with Gasteiger partial charge in [-0.25, -0.2) is 0 Å². The van der Waals surface area contributed by atoms with Crippen molar-refractivity contribution in [3.63, 3.8) is 0 Å². The Morgan fingerprint density at radius 2 is 2.21 bits per heavy atom. The summed E-state index contributed by atoms with van der Waals surface area (Å²) in [5.74, 6) is -0.357. The molecule has 2 amide bonds. The molecule has 1 aromatic rings. The van der Waals surface area contributed by atoms with E-state index in [1.54, 1.807) is 14.1 Å². The Balaban J connectivity index is 1.98. The molecular formula is C16H26N4O4. The van der Waals surface area contributed by atoms with Crippen molar-refractivity contribution < 1.29 is 19.1 Å². The van der Waals surface area contributed by atoms with Gasteiger partial charge in [0, 0.05) is 32.0 Å². The zero-order chi connectivity index (χ0) is 17.7. The van der Waals surface area contributed by atoms with E-state index < -0.39 is 0 Å². The second-order valence-electron chi connectivity index (χ2n) is 6.11. The quantitative estimate of drug-likeness (QED) is 0.776. The standard InChI is InChI=1S/C16H26N4O4/c1-5-11-10(2)15(19-18-11)16(22)17-12-6-7-23-8-13(12)24-9-14(21)20(3)4/h12-13H,5-9H2,1-4H3,(H,17,22)(H,18,19)/t12-,13-/m1/s1. The minimum atomic E-state index is -0.350. The summed E-state index contributed by atoms with van der Waals surface area (Å²) >= 11 is 0. The summed E-state index contributed by atoms with van der Waals surface area (Å²) < 4.78 is 11.1. The first-order valence-electron chi connectivity index (χ1n) is 8.18. The van der Waals surface area contributed by atoms with E-state index in [1.807, 2.05) is 13.8 Å². The summed E-state index contributed by atoms with van der Waals surface area (Å²) in [6.07, 6.45) is 1.08. The molecule has 0 saturated carbocycles. The van der Waals surface area contributed by atoms with Gasteiger partial charge in [-0.15, -0.1) is 0 Å². The van der Waals surface area contributed by atoms with Crippen LogP contribution >= 0.6 is 0 Å². The first kappa shape index (κ1) is 18.4. The van der Waals surface area contributed by atoms with E-state index in [9.17, 15) is 9.59 Å². The van der Waals surface area contributed by atoms with Gasteiger partial charge >= 0.3 is 0 Å². The summed E-state index contributed by atoms with van der Waals surface area (Å²) in [6, 6.07) is -0.206. The zero-order valence-electron chi connectivity index (χ0n) is 14.7. The summed E-state index contributed by atoms with van der Waals surface area (Å²) in [4.78, 5) is 25.6. The Hall–Kier alpha value is -1.93. The Morgan fingerprint density at radius 1 is 1.46 bits per heavy atom. The molecule has 2 atom stereocenters. The number of carbonyl (C=O) groups is 2. The van der Waals surface area contributed by atoms with Gasteiger partial charge in [-0.05, 0) is 19.8 Å². The fourth-order valence-corrected chi connectivity index (χ4v) is 2.58. The number of ether oxygens (including phenoxy) is 2. The van der Waals surface area contributed by atoms with Crippen LogP contribution in [0.2, 0.25) is 0 Å². The Bertz CT molecular complexity index is 585. The lowest BCUT2D eigenvalue weighted by Gasteiger charge is -2.32. The van der Waals surface area contributed by atoms with Crippen molar-refractivity contribution in [3.8, 4) is 0 Å². The SMILES string of the molecule is CCc1[nH]nc(C(=O)N[C@@H]2CCOC[C@H]2OCC(=O)N(C)C)c1C. The average Bonchev–Trinajstić information content (AvgIpc) is 2.94. The van der Waals surface area contributed by atoms with Crippen molar-refractivity contribution in [2.24, 2.45) is 0 Å². The van der Waals surface area contributed by atoms with E-state index in [-0.39, 0.29) is 30.6 Å². The van der Waals surface area contributed by atoms with Gasteiger partial charge in [0.25, 0.3) is 5.91 Å². The first-order valence-corrected chi connectivity index (χ1v) is 8.18. The van der Waals surface area contributed by atoms with Crippen molar-refractivity contribution >= 4 is 11.8 Å². The number of nitrogens with zero attached hydrogens (tertiary/aromatic N) is 2. The fourth-order valence-electron chi connectivity index (χ4n) is 2.58. The lowest BCUT2D eigenvalue weighted by molar-refractivity contribution is -0.140. The lowest BCUT2D eigenvalue weighted by atomic mass is 10.1. The molecule has 134 valence electrons. The molecular weight excluding hydrogens is 312 g/mol. The van der Waals surface area contributed by atoms with E-state index in [1.165, 1.54) is 4.90 Å². The monoisotopic (exact) mass is 338 g/mol. The molecule has 0 aliphatic carbocycles. The van der Waals surface area contributed by atoms with E-state index in [4.69, 9.17) is 9.47 Å². The third-order valence-corrected chi connectivity index (χ3v) is 4.22. The first-order chi connectivity index (χ1) is 11.4. The number of rotatable bonds is 6. The van der Waals surface area contributed by atoms with Gasteiger partial charge in [-0.2, -0.15) is 5.10 Å². The summed E-state index contributed by atoms with van der Waals surface area (Å²) in [6.45, 7) is 4.75. The van der Waals surface area contributed by atoms with Crippen LogP contribution in [0, 0.1) is 6.92 Å². The van der Waals surface area contributed by atoms with Gasteiger partial charge in [-0.1, -0.05) is 6.92 Å². The molecule has 1 aliphatic rings. The third-order valence-electron chi connectivity index (χ3n) is 4.22. The maximum Gasteiger partial charge on any atom is 0.272 e. The third kappa shape index (κ3) is 4.33. The van der Waals surface area contributed by atoms with Gasteiger partial charge < -0.3 is 19.7 Å². The lowest BCUT2D eigenvalue weighted by Crippen LogP contribution is -2.51. The van der Waals surface area contributed by atoms with Gasteiger partial charge in [0.1, 0.15) is 12.7 Å². The summed E-state index contributed by atoms with van der Waals surface area (Å²) in [5, 5.41) is 9.96. The van der Waals surface area contributed by atoms with Crippen LogP contribution < -0.4 is 5.32 Å². The number of hydrogen-bond donors (Lipinski definition) is 2. The van der Waals surface area contributed by atoms with Gasteiger partial charge in [-0.3, -0.25) is 14.7 Å². The number of aryl methyl sites for hydroxylation is 1. The largest absolute Gasteiger partial charge is 0.379 e. The molecule has 24 heavy (non-hydrogen) atoms. The summed E-state index contributed by atoms with van der Waals surface area (Å²) in [7, 11) is 3.35. The van der Waals surface area contributed by atoms with Gasteiger partial charge in [0.15, 0.2) is 5.69 Å². The van der Waals surface area contributed by atoms with Crippen LogP contribution in [0.3, 0.4) is 0 Å². The molecule has 0 bridgehead atoms. The van der Waals surface area contributed by atoms with Crippen molar-refractivity contribution in [2.75, 3.05) is 33.9 Å². The van der Waals surface area contributed by atoms with Crippen LogP contribution in [-0.2, 0) is 20.7 Å². The number of carbonyl (C=O) groups excluding carboxylic acids is 2. The van der Waals surface area contributed by atoms with Crippen molar-refractivity contribution in [3.05, 3.63) is 17.0 Å². The highest BCUT2D eigenvalue weighted by Gasteiger charge is 2.30. The molecule has 1 aliphatic heterocycles. The Labute approximate surface area is 141 Å². The smallest absolute Gasteiger partial charge is 0.272 e. The van der Waals surface area contributed by atoms with Crippen LogP contribution in [0.1, 0.15) is 35.1 Å². The average molecular weight is 338 g/mol. The highest BCUT2D eigenvalue weighted by molar-refractivity contribution is 5.94. The molecule has 0 spiro atoms. The topological polar surface area (TPSA) is 96.5 Å². The van der Waals surface area contributed by atoms with Crippen molar-refractivity contribution in [1.29, 1.82) is 0 Å². The highest BCUT2D eigenvalue weighted by atomic mass is 16.5. The number of aromatic nitrogens is 2. The minimum absolute atomic E-state index is 0.0329. The molecule has 8 nitrogen and oxygen atoms in total. The maximum atomic E-state index is 12.5. The molecule has 2 heterocycles. The normalized spacial score (nSPS) is 20.7. The highest BCUT2D eigenvalue weighted by Crippen LogP contribution is 2.15. The van der Waals surface area contributed by atoms with Gasteiger partial charge in [0.05, 0.1) is 12.6 Å². The molecule has 2 N–H and O–H groups in total. The predicted octanol–water partition coefficient (Wildman–Crippen LogP) is 0.273. The van der Waals surface area contributed by atoms with Crippen LogP contribution in [0.5, 0.6) is 0 Å². The minimum Gasteiger partial charge on any atom is -0.379 e. The molecule has 0 radical (unpaired) electrons. The van der Waals surface area contributed by atoms with Crippen LogP contribution in [0.4, 0.5) is 0 Å². The molecule has 0 aromatic carbocycles. The second kappa shape index (κ2) is 8.25. The van der Waals surface area contributed by atoms with E-state index in [2.05, 4.69) is 15.5 Å². The Morgan fingerprint density at radius 3 is 2.83 bits per heavy atom. The van der Waals surface area contributed by atoms with Crippen molar-refractivity contribution in [1.82, 2.24) is 20.4 Å². The van der Waals surface area contributed by atoms with Crippen molar-refractivity contribution in [2.45, 2.75) is 38.8 Å². The van der Waals surface area contributed by atoms with E-state index >= 15 is 0 Å². The molecule has 1 saturated heterocycles. The molecule has 1 fully saturated rings. The number of hydrogen-bond acceptors (Lipinski definition) is 5. The van der Waals surface area contributed by atoms with E-state index in [0.717, 1.165) is 17.7 Å². The molecule has 2 rings (SSSR count). The number of likely N-dealkylation sites (N-methyl/N-ethyl adjacent to an activating group) is 1. The molecule has 0 unspecified atom stereocenters. The molecule has 1 aromatic heterocycles.